The lowest BCUT2D eigenvalue weighted by Crippen LogP contribution is -2.50. The van der Waals surface area contributed by atoms with Gasteiger partial charge < -0.3 is 19.9 Å². The van der Waals surface area contributed by atoms with E-state index in [1.54, 1.807) is 0 Å². The first-order valence-corrected chi connectivity index (χ1v) is 11.9. The van der Waals surface area contributed by atoms with Crippen molar-refractivity contribution in [3.63, 3.8) is 0 Å². The van der Waals surface area contributed by atoms with Crippen molar-refractivity contribution in [2.24, 2.45) is 0 Å². The first-order chi connectivity index (χ1) is 17.2. The summed E-state index contributed by atoms with van der Waals surface area (Å²) in [6.45, 7) is 5.39. The molecule has 2 aliphatic rings. The zero-order chi connectivity index (χ0) is 25.4. The Bertz CT molecular complexity index is 1260. The molecule has 0 aliphatic carbocycles. The summed E-state index contributed by atoms with van der Waals surface area (Å²) >= 11 is 0. The number of likely N-dealkylation sites (N-methyl/N-ethyl adjacent to an activating group) is 1. The van der Waals surface area contributed by atoms with E-state index < -0.39 is 28.8 Å². The van der Waals surface area contributed by atoms with Crippen molar-refractivity contribution in [2.75, 3.05) is 44.7 Å². The maximum atomic E-state index is 15.3. The Morgan fingerprint density at radius 1 is 1.19 bits per heavy atom. The Morgan fingerprint density at radius 3 is 2.75 bits per heavy atom. The molecule has 3 aromatic heterocycles. The van der Waals surface area contributed by atoms with Gasteiger partial charge in [0.15, 0.2) is 5.65 Å². The highest BCUT2D eigenvalue weighted by molar-refractivity contribution is 5.89. The Balaban J connectivity index is 1.62. The standard InChI is InChI=1S/C24H27F4N7O/c1-14-11-30-7-9-35(14)22-17-10-19(25)20(16-5-6-29-12-18(16)24(26,27)28)31-21(17)32-23(33-22)36-13-15-4-3-8-34(15)2/h5-6,10,12,14-15,30H,3-4,7-9,11,13H2,1-2H3. The number of anilines is 1. The molecular weight excluding hydrogens is 478 g/mol. The molecule has 2 aliphatic heterocycles. The fraction of sp³-hybridized carbons (Fsp3) is 0.500. The molecule has 2 saturated heterocycles. The van der Waals surface area contributed by atoms with Crippen LogP contribution in [-0.4, -0.2) is 76.8 Å². The first kappa shape index (κ1) is 24.6. The lowest BCUT2D eigenvalue weighted by Gasteiger charge is -2.35. The van der Waals surface area contributed by atoms with Crippen LogP contribution in [0, 0.1) is 5.82 Å². The van der Waals surface area contributed by atoms with Gasteiger partial charge in [-0.2, -0.15) is 23.1 Å². The predicted molar refractivity (Wildman–Crippen MR) is 126 cm³/mol. The largest absolute Gasteiger partial charge is 0.462 e. The molecule has 0 amide bonds. The molecule has 12 heteroatoms. The Kier molecular flexibility index (Phi) is 6.64. The summed E-state index contributed by atoms with van der Waals surface area (Å²) in [5.41, 5.74) is -1.84. The maximum absolute atomic E-state index is 15.3. The van der Waals surface area contributed by atoms with E-state index in [-0.39, 0.29) is 23.7 Å². The van der Waals surface area contributed by atoms with Crippen LogP contribution < -0.4 is 15.0 Å². The number of halogens is 4. The fourth-order valence-corrected chi connectivity index (χ4v) is 4.81. The highest BCUT2D eigenvalue weighted by Crippen LogP contribution is 2.38. The number of nitrogens with zero attached hydrogens (tertiary/aromatic N) is 6. The van der Waals surface area contributed by atoms with Crippen LogP contribution >= 0.6 is 0 Å². The van der Waals surface area contributed by atoms with Crippen LogP contribution in [0.5, 0.6) is 6.01 Å². The van der Waals surface area contributed by atoms with Gasteiger partial charge in [0.25, 0.3) is 0 Å². The maximum Gasteiger partial charge on any atom is 0.418 e. The average molecular weight is 506 g/mol. The third-order valence-electron chi connectivity index (χ3n) is 6.83. The van der Waals surface area contributed by atoms with Gasteiger partial charge in [0.1, 0.15) is 23.9 Å². The third-order valence-corrected chi connectivity index (χ3v) is 6.83. The lowest BCUT2D eigenvalue weighted by molar-refractivity contribution is -0.137. The van der Waals surface area contributed by atoms with E-state index in [2.05, 4.69) is 30.2 Å². The van der Waals surface area contributed by atoms with Crippen molar-refractivity contribution in [2.45, 2.75) is 38.0 Å². The number of rotatable bonds is 5. The van der Waals surface area contributed by atoms with Crippen molar-refractivity contribution in [1.29, 1.82) is 0 Å². The summed E-state index contributed by atoms with van der Waals surface area (Å²) in [6, 6.07) is 2.60. The summed E-state index contributed by atoms with van der Waals surface area (Å²) < 4.78 is 62.2. The van der Waals surface area contributed by atoms with E-state index in [0.717, 1.165) is 31.5 Å². The molecule has 3 aromatic rings. The zero-order valence-corrected chi connectivity index (χ0v) is 20.0. The normalized spacial score (nSPS) is 21.3. The van der Waals surface area contributed by atoms with Crippen LogP contribution in [0.4, 0.5) is 23.4 Å². The monoisotopic (exact) mass is 505 g/mol. The van der Waals surface area contributed by atoms with E-state index in [1.807, 2.05) is 18.9 Å². The van der Waals surface area contributed by atoms with Gasteiger partial charge in [0, 0.05) is 49.7 Å². The topological polar surface area (TPSA) is 79.3 Å². The van der Waals surface area contributed by atoms with Crippen LogP contribution in [0.25, 0.3) is 22.3 Å². The van der Waals surface area contributed by atoms with Crippen molar-refractivity contribution in [3.8, 4) is 17.3 Å². The number of nitrogens with one attached hydrogen (secondary N) is 1. The number of likely N-dealkylation sites (tertiary alicyclic amines) is 1. The number of ether oxygens (including phenoxy) is 1. The number of piperazine rings is 1. The van der Waals surface area contributed by atoms with E-state index in [1.165, 1.54) is 6.20 Å². The molecule has 192 valence electrons. The summed E-state index contributed by atoms with van der Waals surface area (Å²) in [4.78, 5) is 21.1. The molecule has 2 unspecified atom stereocenters. The quantitative estimate of drug-likeness (QED) is 0.528. The van der Waals surface area contributed by atoms with Gasteiger partial charge in [-0.05, 0) is 45.5 Å². The molecule has 0 bridgehead atoms. The molecule has 8 nitrogen and oxygen atoms in total. The zero-order valence-electron chi connectivity index (χ0n) is 20.0. The van der Waals surface area contributed by atoms with Crippen LogP contribution in [-0.2, 0) is 6.18 Å². The van der Waals surface area contributed by atoms with Gasteiger partial charge in [-0.15, -0.1) is 0 Å². The minimum Gasteiger partial charge on any atom is -0.462 e. The number of hydrogen-bond acceptors (Lipinski definition) is 8. The molecule has 0 spiro atoms. The predicted octanol–water partition coefficient (Wildman–Crippen LogP) is 3.52. The molecule has 0 radical (unpaired) electrons. The highest BCUT2D eigenvalue weighted by atomic mass is 19.4. The molecule has 0 aromatic carbocycles. The van der Waals surface area contributed by atoms with Gasteiger partial charge in [-0.1, -0.05) is 0 Å². The van der Waals surface area contributed by atoms with Gasteiger partial charge in [-0.3, -0.25) is 4.98 Å². The Labute approximate surface area is 205 Å². The summed E-state index contributed by atoms with van der Waals surface area (Å²) in [6.07, 6.45) is -0.815. The van der Waals surface area contributed by atoms with Crippen LogP contribution in [0.3, 0.4) is 0 Å². The second-order valence-electron chi connectivity index (χ2n) is 9.27. The van der Waals surface area contributed by atoms with Crippen molar-refractivity contribution in [3.05, 3.63) is 35.9 Å². The number of fused-ring (bicyclic) bond motifs is 1. The van der Waals surface area contributed by atoms with Gasteiger partial charge >= 0.3 is 12.2 Å². The smallest absolute Gasteiger partial charge is 0.418 e. The molecule has 5 rings (SSSR count). The Morgan fingerprint density at radius 2 is 2.03 bits per heavy atom. The average Bonchev–Trinajstić information content (AvgIpc) is 3.26. The molecule has 36 heavy (non-hydrogen) atoms. The molecular formula is C24H27F4N7O. The second-order valence-corrected chi connectivity index (χ2v) is 9.27. The first-order valence-electron chi connectivity index (χ1n) is 11.9. The lowest BCUT2D eigenvalue weighted by atomic mass is 10.0. The van der Waals surface area contributed by atoms with Gasteiger partial charge in [-0.25, -0.2) is 9.37 Å². The van der Waals surface area contributed by atoms with Crippen LogP contribution in [0.2, 0.25) is 0 Å². The Hall–Kier alpha value is -3.12. The minimum absolute atomic E-state index is 0.0467. The van der Waals surface area contributed by atoms with Crippen LogP contribution in [0.1, 0.15) is 25.3 Å². The molecule has 5 heterocycles. The minimum atomic E-state index is -4.72. The van der Waals surface area contributed by atoms with E-state index >= 15 is 4.39 Å². The third kappa shape index (κ3) is 4.79. The molecule has 0 saturated carbocycles. The van der Waals surface area contributed by atoms with Crippen molar-refractivity contribution >= 4 is 16.9 Å². The number of hydrogen-bond donors (Lipinski definition) is 1. The van der Waals surface area contributed by atoms with E-state index in [4.69, 9.17) is 4.74 Å². The van der Waals surface area contributed by atoms with Crippen LogP contribution in [0.15, 0.2) is 24.5 Å². The van der Waals surface area contributed by atoms with E-state index in [0.29, 0.717) is 43.6 Å². The number of alkyl halides is 3. The molecule has 2 atom stereocenters. The van der Waals surface area contributed by atoms with Crippen molar-refractivity contribution < 1.29 is 22.3 Å². The van der Waals surface area contributed by atoms with Gasteiger partial charge in [0.2, 0.25) is 0 Å². The molecule has 2 fully saturated rings. The van der Waals surface area contributed by atoms with Gasteiger partial charge in [0.05, 0.1) is 10.9 Å². The number of aromatic nitrogens is 4. The fourth-order valence-electron chi connectivity index (χ4n) is 4.81. The molecule has 1 N–H and O–H groups in total. The highest BCUT2D eigenvalue weighted by Gasteiger charge is 2.35. The van der Waals surface area contributed by atoms with Crippen molar-refractivity contribution in [1.82, 2.24) is 30.2 Å². The SMILES string of the molecule is CC1CNCCN1c1nc(OCC2CCCN2C)nc2nc(-c3ccncc3C(F)(F)F)c(F)cc12. The second kappa shape index (κ2) is 9.74. The summed E-state index contributed by atoms with van der Waals surface area (Å²) in [5.74, 6) is -0.444. The van der Waals surface area contributed by atoms with E-state index in [9.17, 15) is 13.2 Å². The summed E-state index contributed by atoms with van der Waals surface area (Å²) in [7, 11) is 2.03. The summed E-state index contributed by atoms with van der Waals surface area (Å²) in [5, 5.41) is 3.62. The number of pyridine rings is 2.